The van der Waals surface area contributed by atoms with Crippen LogP contribution < -0.4 is 5.32 Å². The summed E-state index contributed by atoms with van der Waals surface area (Å²) in [7, 11) is 0. The molecular formula is C18H20N2O4. The molecule has 2 rings (SSSR count). The van der Waals surface area contributed by atoms with Gasteiger partial charge in [0.2, 0.25) is 5.91 Å². The normalized spacial score (nSPS) is 12.2. The van der Waals surface area contributed by atoms with Crippen LogP contribution in [0.15, 0.2) is 53.1 Å². The van der Waals surface area contributed by atoms with Gasteiger partial charge >= 0.3 is 5.97 Å². The molecule has 0 aliphatic carbocycles. The SMILES string of the molecule is C/C=C/CC(NC(=O)CCc1ncc(-c2ccccc2)o1)C(=O)O. The van der Waals surface area contributed by atoms with E-state index in [4.69, 9.17) is 9.52 Å². The van der Waals surface area contributed by atoms with Crippen LogP contribution in [0.4, 0.5) is 0 Å². The maximum absolute atomic E-state index is 11.9. The third-order valence-electron chi connectivity index (χ3n) is 3.42. The van der Waals surface area contributed by atoms with E-state index in [0.717, 1.165) is 5.56 Å². The Balaban J connectivity index is 1.88. The molecule has 0 fully saturated rings. The first-order valence-electron chi connectivity index (χ1n) is 7.73. The Labute approximate surface area is 140 Å². The van der Waals surface area contributed by atoms with E-state index in [1.807, 2.05) is 30.3 Å². The van der Waals surface area contributed by atoms with Crippen LogP contribution in [0, 0.1) is 0 Å². The minimum Gasteiger partial charge on any atom is -0.480 e. The van der Waals surface area contributed by atoms with E-state index in [2.05, 4.69) is 10.3 Å². The molecule has 1 atom stereocenters. The van der Waals surface area contributed by atoms with Crippen LogP contribution in [0.25, 0.3) is 11.3 Å². The van der Waals surface area contributed by atoms with Crippen LogP contribution in [-0.4, -0.2) is 28.0 Å². The van der Waals surface area contributed by atoms with Crippen molar-refractivity contribution >= 4 is 11.9 Å². The lowest BCUT2D eigenvalue weighted by molar-refractivity contribution is -0.141. The van der Waals surface area contributed by atoms with E-state index >= 15 is 0 Å². The first kappa shape index (κ1) is 17.5. The molecule has 0 aliphatic heterocycles. The Hall–Kier alpha value is -2.89. The van der Waals surface area contributed by atoms with E-state index in [-0.39, 0.29) is 18.7 Å². The summed E-state index contributed by atoms with van der Waals surface area (Å²) in [5.41, 5.74) is 0.915. The second-order valence-corrected chi connectivity index (χ2v) is 5.25. The number of carboxylic acid groups (broad SMARTS) is 1. The lowest BCUT2D eigenvalue weighted by Gasteiger charge is -2.12. The molecule has 2 N–H and O–H groups in total. The summed E-state index contributed by atoms with van der Waals surface area (Å²) < 4.78 is 5.62. The molecule has 24 heavy (non-hydrogen) atoms. The van der Waals surface area contributed by atoms with Gasteiger partial charge in [-0.3, -0.25) is 4.79 Å². The average molecular weight is 328 g/mol. The quantitative estimate of drug-likeness (QED) is 0.727. The number of oxazole rings is 1. The molecule has 126 valence electrons. The number of rotatable bonds is 8. The standard InChI is InChI=1S/C18H20N2O4/c1-2-3-9-14(18(22)23)20-16(21)10-11-17-19-12-15(24-17)13-7-5-4-6-8-13/h2-8,12,14H,9-11H2,1H3,(H,20,21)(H,22,23)/b3-2+. The molecule has 1 aromatic heterocycles. The number of aliphatic carboxylic acids is 1. The Morgan fingerprint density at radius 2 is 2.08 bits per heavy atom. The van der Waals surface area contributed by atoms with Gasteiger partial charge in [0.05, 0.1) is 6.20 Å². The Morgan fingerprint density at radius 3 is 2.75 bits per heavy atom. The molecule has 1 heterocycles. The van der Waals surface area contributed by atoms with E-state index in [1.54, 1.807) is 25.3 Å². The number of aryl methyl sites for hydroxylation is 1. The smallest absolute Gasteiger partial charge is 0.326 e. The summed E-state index contributed by atoms with van der Waals surface area (Å²) >= 11 is 0. The van der Waals surface area contributed by atoms with Crippen molar-refractivity contribution in [2.75, 3.05) is 0 Å². The second kappa shape index (κ2) is 8.67. The van der Waals surface area contributed by atoms with Crippen molar-refractivity contribution in [2.45, 2.75) is 32.2 Å². The maximum atomic E-state index is 11.9. The van der Waals surface area contributed by atoms with Gasteiger partial charge in [0.15, 0.2) is 11.7 Å². The largest absolute Gasteiger partial charge is 0.480 e. The minimum atomic E-state index is -1.05. The summed E-state index contributed by atoms with van der Waals surface area (Å²) in [6.45, 7) is 1.80. The molecule has 1 aromatic carbocycles. The summed E-state index contributed by atoms with van der Waals surface area (Å²) in [5.74, 6) is -0.304. The van der Waals surface area contributed by atoms with Gasteiger partial charge < -0.3 is 14.8 Å². The fourth-order valence-electron chi connectivity index (χ4n) is 2.14. The molecule has 0 bridgehead atoms. The summed E-state index contributed by atoms with van der Waals surface area (Å²) in [6.07, 6.45) is 5.77. The topological polar surface area (TPSA) is 92.4 Å². The van der Waals surface area contributed by atoms with Crippen molar-refractivity contribution in [1.82, 2.24) is 10.3 Å². The van der Waals surface area contributed by atoms with E-state index in [1.165, 1.54) is 0 Å². The third-order valence-corrected chi connectivity index (χ3v) is 3.42. The third kappa shape index (κ3) is 5.08. The zero-order chi connectivity index (χ0) is 17.4. The van der Waals surface area contributed by atoms with Gasteiger partial charge in [-0.05, 0) is 13.3 Å². The zero-order valence-electron chi connectivity index (χ0n) is 13.4. The number of nitrogens with one attached hydrogen (secondary N) is 1. The molecule has 0 saturated heterocycles. The number of nitrogens with zero attached hydrogens (tertiary/aromatic N) is 1. The van der Waals surface area contributed by atoms with E-state index < -0.39 is 12.0 Å². The van der Waals surface area contributed by atoms with E-state index in [9.17, 15) is 9.59 Å². The van der Waals surface area contributed by atoms with Gasteiger partial charge in [-0.15, -0.1) is 0 Å². The molecule has 0 saturated carbocycles. The Kier molecular flexibility index (Phi) is 6.31. The highest BCUT2D eigenvalue weighted by Crippen LogP contribution is 2.20. The summed E-state index contributed by atoms with van der Waals surface area (Å²) in [5, 5.41) is 11.6. The van der Waals surface area contributed by atoms with Crippen LogP contribution in [0.2, 0.25) is 0 Å². The predicted molar refractivity (Wildman–Crippen MR) is 89.3 cm³/mol. The number of carbonyl (C=O) groups excluding carboxylic acids is 1. The van der Waals surface area contributed by atoms with Gasteiger partial charge in [0.25, 0.3) is 0 Å². The van der Waals surface area contributed by atoms with Crippen LogP contribution in [0.1, 0.15) is 25.7 Å². The van der Waals surface area contributed by atoms with Crippen molar-refractivity contribution in [2.24, 2.45) is 0 Å². The van der Waals surface area contributed by atoms with Gasteiger partial charge in [0, 0.05) is 18.4 Å². The molecule has 6 nitrogen and oxygen atoms in total. The molecule has 1 amide bonds. The van der Waals surface area contributed by atoms with E-state index in [0.29, 0.717) is 18.1 Å². The number of benzene rings is 1. The van der Waals surface area contributed by atoms with Gasteiger partial charge in [-0.1, -0.05) is 42.5 Å². The van der Waals surface area contributed by atoms with Crippen molar-refractivity contribution in [3.63, 3.8) is 0 Å². The number of aromatic nitrogens is 1. The van der Waals surface area contributed by atoms with Crippen molar-refractivity contribution < 1.29 is 19.1 Å². The zero-order valence-corrected chi connectivity index (χ0v) is 13.4. The average Bonchev–Trinajstić information content (AvgIpc) is 3.06. The van der Waals surface area contributed by atoms with Crippen molar-refractivity contribution in [1.29, 1.82) is 0 Å². The van der Waals surface area contributed by atoms with Crippen LogP contribution in [0.3, 0.4) is 0 Å². The number of hydrogen-bond acceptors (Lipinski definition) is 4. The van der Waals surface area contributed by atoms with Crippen molar-refractivity contribution in [3.8, 4) is 11.3 Å². The highest BCUT2D eigenvalue weighted by Gasteiger charge is 2.18. The predicted octanol–water partition coefficient (Wildman–Crippen LogP) is 2.81. The van der Waals surface area contributed by atoms with Gasteiger partial charge in [0.1, 0.15) is 6.04 Å². The second-order valence-electron chi connectivity index (χ2n) is 5.25. The molecule has 2 aromatic rings. The van der Waals surface area contributed by atoms with Crippen LogP contribution >= 0.6 is 0 Å². The number of carbonyl (C=O) groups is 2. The lowest BCUT2D eigenvalue weighted by Crippen LogP contribution is -2.40. The molecule has 0 aliphatic rings. The first-order chi connectivity index (χ1) is 11.6. The fraction of sp³-hybridized carbons (Fsp3) is 0.278. The molecular weight excluding hydrogens is 308 g/mol. The maximum Gasteiger partial charge on any atom is 0.326 e. The number of allylic oxidation sites excluding steroid dienone is 1. The molecule has 6 heteroatoms. The molecule has 0 radical (unpaired) electrons. The van der Waals surface area contributed by atoms with Crippen LogP contribution in [0.5, 0.6) is 0 Å². The minimum absolute atomic E-state index is 0.119. The number of amides is 1. The highest BCUT2D eigenvalue weighted by atomic mass is 16.4. The molecule has 0 spiro atoms. The number of carboxylic acids is 1. The summed E-state index contributed by atoms with van der Waals surface area (Å²) in [4.78, 5) is 27.2. The lowest BCUT2D eigenvalue weighted by atomic mass is 10.2. The summed E-state index contributed by atoms with van der Waals surface area (Å²) in [6, 6.07) is 8.63. The Bertz CT molecular complexity index is 707. The van der Waals surface area contributed by atoms with Crippen molar-refractivity contribution in [3.05, 3.63) is 54.6 Å². The molecule has 1 unspecified atom stereocenters. The first-order valence-corrected chi connectivity index (χ1v) is 7.73. The van der Waals surface area contributed by atoms with Gasteiger partial charge in [-0.25, -0.2) is 9.78 Å². The van der Waals surface area contributed by atoms with Gasteiger partial charge in [-0.2, -0.15) is 0 Å². The fourth-order valence-corrected chi connectivity index (χ4v) is 2.14. The van der Waals surface area contributed by atoms with Crippen LogP contribution in [-0.2, 0) is 16.0 Å². The Morgan fingerprint density at radius 1 is 1.33 bits per heavy atom. The number of hydrogen-bond donors (Lipinski definition) is 2. The monoisotopic (exact) mass is 328 g/mol. The highest BCUT2D eigenvalue weighted by molar-refractivity contribution is 5.83.